The molecule has 0 unspecified atom stereocenters. The Balaban J connectivity index is 3.51. The fraction of sp³-hybridized carbons (Fsp3) is 0.846. The van der Waals surface area contributed by atoms with E-state index in [1.54, 1.807) is 0 Å². The Morgan fingerprint density at radius 2 is 1.67 bits per heavy atom. The van der Waals surface area contributed by atoms with E-state index < -0.39 is 0 Å². The van der Waals surface area contributed by atoms with Crippen molar-refractivity contribution in [2.24, 2.45) is 5.92 Å². The summed E-state index contributed by atoms with van der Waals surface area (Å²) in [6.07, 6.45) is 5.71. The van der Waals surface area contributed by atoms with Crippen LogP contribution in [0.25, 0.3) is 0 Å². The van der Waals surface area contributed by atoms with Gasteiger partial charge in [-0.2, -0.15) is 0 Å². The Labute approximate surface area is 93.4 Å². The molecule has 88 valence electrons. The summed E-state index contributed by atoms with van der Waals surface area (Å²) >= 11 is 0. The molecule has 0 aliphatic carbocycles. The molecule has 2 heteroatoms. The molecule has 0 aromatic carbocycles. The van der Waals surface area contributed by atoms with E-state index in [2.05, 4.69) is 6.92 Å². The highest BCUT2D eigenvalue weighted by molar-refractivity contribution is 5.99. The third-order valence-electron chi connectivity index (χ3n) is 2.34. The maximum absolute atomic E-state index is 11.4. The topological polar surface area (TPSA) is 34.1 Å². The second kappa shape index (κ2) is 8.63. The quantitative estimate of drug-likeness (QED) is 0.433. The molecule has 0 rings (SSSR count). The van der Waals surface area contributed by atoms with Crippen LogP contribution in [0.5, 0.6) is 0 Å². The summed E-state index contributed by atoms with van der Waals surface area (Å²) < 4.78 is 0. The molecule has 0 saturated carbocycles. The fourth-order valence-electron chi connectivity index (χ4n) is 1.58. The molecular formula is C13H24O2. The van der Waals surface area contributed by atoms with Gasteiger partial charge in [0.2, 0.25) is 0 Å². The van der Waals surface area contributed by atoms with E-state index in [0.717, 1.165) is 12.8 Å². The Bertz CT molecular complexity index is 195. The maximum atomic E-state index is 11.4. The minimum atomic E-state index is 0.102. The summed E-state index contributed by atoms with van der Waals surface area (Å²) in [6.45, 7) is 6.15. The minimum absolute atomic E-state index is 0.102. The van der Waals surface area contributed by atoms with Crippen LogP contribution in [0.15, 0.2) is 0 Å². The molecule has 0 spiro atoms. The normalized spacial score (nSPS) is 10.7. The van der Waals surface area contributed by atoms with Gasteiger partial charge in [0.05, 0.1) is 6.42 Å². The number of Topliss-reactive ketones (excluding diaryl/α,β-unsaturated/α-hetero) is 2. The van der Waals surface area contributed by atoms with Gasteiger partial charge in [-0.05, 0) is 12.3 Å². The predicted molar refractivity (Wildman–Crippen MR) is 62.8 cm³/mol. The number of carbonyl (C=O) groups is 2. The molecule has 0 aliphatic rings. The molecule has 0 aromatic rings. The summed E-state index contributed by atoms with van der Waals surface area (Å²) in [4.78, 5) is 22.7. The van der Waals surface area contributed by atoms with Crippen LogP contribution in [0.4, 0.5) is 0 Å². The Kier molecular flexibility index (Phi) is 8.25. The lowest BCUT2D eigenvalue weighted by atomic mass is 10.0. The Hall–Kier alpha value is -0.660. The smallest absolute Gasteiger partial charge is 0.140 e. The first-order chi connectivity index (χ1) is 7.06. The van der Waals surface area contributed by atoms with E-state index >= 15 is 0 Å². The monoisotopic (exact) mass is 212 g/mol. The number of rotatable bonds is 9. The van der Waals surface area contributed by atoms with Crippen LogP contribution < -0.4 is 0 Å². The highest BCUT2D eigenvalue weighted by atomic mass is 16.1. The minimum Gasteiger partial charge on any atom is -0.299 e. The zero-order valence-corrected chi connectivity index (χ0v) is 10.3. The van der Waals surface area contributed by atoms with Gasteiger partial charge in [-0.3, -0.25) is 9.59 Å². The van der Waals surface area contributed by atoms with Crippen molar-refractivity contribution in [1.82, 2.24) is 0 Å². The summed E-state index contributed by atoms with van der Waals surface area (Å²) in [7, 11) is 0. The third-order valence-corrected chi connectivity index (χ3v) is 2.34. The number of hydrogen-bond acceptors (Lipinski definition) is 2. The van der Waals surface area contributed by atoms with Gasteiger partial charge in [-0.15, -0.1) is 0 Å². The molecule has 0 amide bonds. The van der Waals surface area contributed by atoms with Crippen molar-refractivity contribution in [3.63, 3.8) is 0 Å². The van der Waals surface area contributed by atoms with Crippen molar-refractivity contribution < 1.29 is 9.59 Å². The van der Waals surface area contributed by atoms with Crippen LogP contribution in [0.1, 0.15) is 65.7 Å². The molecule has 2 nitrogen and oxygen atoms in total. The van der Waals surface area contributed by atoms with E-state index in [1.807, 2.05) is 13.8 Å². The molecule has 0 aromatic heterocycles. The van der Waals surface area contributed by atoms with Crippen molar-refractivity contribution in [2.45, 2.75) is 65.7 Å². The van der Waals surface area contributed by atoms with E-state index in [9.17, 15) is 9.59 Å². The Morgan fingerprint density at radius 1 is 1.00 bits per heavy atom. The van der Waals surface area contributed by atoms with Gasteiger partial charge in [0, 0.05) is 12.8 Å². The average molecular weight is 212 g/mol. The van der Waals surface area contributed by atoms with Crippen molar-refractivity contribution in [3.05, 3.63) is 0 Å². The van der Waals surface area contributed by atoms with Crippen LogP contribution in [-0.4, -0.2) is 11.6 Å². The number of unbranched alkanes of at least 4 members (excludes halogenated alkanes) is 3. The third kappa shape index (κ3) is 9.64. The van der Waals surface area contributed by atoms with Crippen molar-refractivity contribution in [3.8, 4) is 0 Å². The zero-order chi connectivity index (χ0) is 11.7. The molecule has 0 heterocycles. The summed E-state index contributed by atoms with van der Waals surface area (Å²) in [5, 5.41) is 0. The van der Waals surface area contributed by atoms with Crippen LogP contribution in [0.3, 0.4) is 0 Å². The first-order valence-electron chi connectivity index (χ1n) is 6.09. The lowest BCUT2D eigenvalue weighted by molar-refractivity contribution is -0.127. The average Bonchev–Trinajstić information content (AvgIpc) is 2.10. The first-order valence-corrected chi connectivity index (χ1v) is 6.09. The van der Waals surface area contributed by atoms with Crippen molar-refractivity contribution in [1.29, 1.82) is 0 Å². The van der Waals surface area contributed by atoms with Gasteiger partial charge in [0.1, 0.15) is 11.6 Å². The lowest BCUT2D eigenvalue weighted by Crippen LogP contribution is -2.09. The second-order valence-electron chi connectivity index (χ2n) is 4.66. The van der Waals surface area contributed by atoms with Gasteiger partial charge in [0.15, 0.2) is 0 Å². The van der Waals surface area contributed by atoms with E-state index in [1.165, 1.54) is 12.8 Å². The van der Waals surface area contributed by atoms with E-state index in [4.69, 9.17) is 0 Å². The van der Waals surface area contributed by atoms with Gasteiger partial charge in [0.25, 0.3) is 0 Å². The molecule has 0 atom stereocenters. The van der Waals surface area contributed by atoms with Gasteiger partial charge in [-0.25, -0.2) is 0 Å². The summed E-state index contributed by atoms with van der Waals surface area (Å²) in [6, 6.07) is 0. The maximum Gasteiger partial charge on any atom is 0.140 e. The largest absolute Gasteiger partial charge is 0.299 e. The van der Waals surface area contributed by atoms with Crippen LogP contribution in [-0.2, 0) is 9.59 Å². The molecule has 0 fully saturated rings. The van der Waals surface area contributed by atoms with Crippen LogP contribution in [0.2, 0.25) is 0 Å². The SMILES string of the molecule is CCCCCCC(=O)CC(=O)CC(C)C. The predicted octanol–water partition coefficient (Wildman–Crippen LogP) is 3.53. The van der Waals surface area contributed by atoms with E-state index in [0.29, 0.717) is 18.8 Å². The van der Waals surface area contributed by atoms with Gasteiger partial charge >= 0.3 is 0 Å². The second-order valence-corrected chi connectivity index (χ2v) is 4.66. The zero-order valence-electron chi connectivity index (χ0n) is 10.3. The molecule has 0 radical (unpaired) electrons. The number of hydrogen-bond donors (Lipinski definition) is 0. The lowest BCUT2D eigenvalue weighted by Gasteiger charge is -2.03. The van der Waals surface area contributed by atoms with Gasteiger partial charge in [-0.1, -0.05) is 40.0 Å². The molecule has 15 heavy (non-hydrogen) atoms. The summed E-state index contributed by atoms with van der Waals surface area (Å²) in [5.74, 6) is 0.590. The molecule has 0 saturated heterocycles. The Morgan fingerprint density at radius 3 is 2.20 bits per heavy atom. The van der Waals surface area contributed by atoms with Crippen molar-refractivity contribution >= 4 is 11.6 Å². The van der Waals surface area contributed by atoms with Crippen molar-refractivity contribution in [2.75, 3.05) is 0 Å². The summed E-state index contributed by atoms with van der Waals surface area (Å²) in [5.41, 5.74) is 0. The molecular weight excluding hydrogens is 188 g/mol. The first kappa shape index (κ1) is 14.3. The molecule has 0 bridgehead atoms. The highest BCUT2D eigenvalue weighted by Gasteiger charge is 2.10. The van der Waals surface area contributed by atoms with Crippen LogP contribution >= 0.6 is 0 Å². The highest BCUT2D eigenvalue weighted by Crippen LogP contribution is 2.07. The molecule has 0 N–H and O–H groups in total. The number of carbonyl (C=O) groups excluding carboxylic acids is 2. The standard InChI is InChI=1S/C13H24O2/c1-4-5-6-7-8-12(14)10-13(15)9-11(2)3/h11H,4-10H2,1-3H3. The number of ketones is 2. The van der Waals surface area contributed by atoms with Crippen LogP contribution in [0, 0.1) is 5.92 Å². The van der Waals surface area contributed by atoms with E-state index in [-0.39, 0.29) is 18.0 Å². The molecule has 0 aliphatic heterocycles. The van der Waals surface area contributed by atoms with Gasteiger partial charge < -0.3 is 0 Å². The fourth-order valence-corrected chi connectivity index (χ4v) is 1.58.